The zero-order chi connectivity index (χ0) is 41.6. The molecule has 0 aliphatic carbocycles. The van der Waals surface area contributed by atoms with Crippen molar-refractivity contribution < 1.29 is 57.8 Å². The van der Waals surface area contributed by atoms with Gasteiger partial charge in [0.05, 0.1) is 26.4 Å². The average molecular weight is 811 g/mol. The van der Waals surface area contributed by atoms with Gasteiger partial charge in [0.25, 0.3) is 0 Å². The topological polar surface area (TPSA) is 164 Å². The Balaban J connectivity index is 0.906. The van der Waals surface area contributed by atoms with Crippen LogP contribution >= 0.6 is 0 Å². The van der Waals surface area contributed by atoms with Crippen LogP contribution in [0.3, 0.4) is 0 Å². The quantitative estimate of drug-likeness (QED) is 0.0423. The lowest BCUT2D eigenvalue weighted by atomic mass is 9.93. The summed E-state index contributed by atoms with van der Waals surface area (Å²) in [6.07, 6.45) is 24.4. The van der Waals surface area contributed by atoms with Crippen LogP contribution in [0, 0.1) is 0 Å². The molecule has 0 saturated carbocycles. The highest BCUT2D eigenvalue weighted by Gasteiger charge is 2.49. The molecule has 322 valence electrons. The van der Waals surface area contributed by atoms with Crippen LogP contribution in [0.15, 0.2) is 36.4 Å². The number of hydrogen-bond acceptors (Lipinski definition) is 12. The molecule has 0 radical (unpaired) electrons. The molecule has 2 heterocycles. The number of cyclic esters (lactones) is 2. The minimum atomic E-state index is -1.40. The second-order valence-electron chi connectivity index (χ2n) is 15.8. The highest BCUT2D eigenvalue weighted by molar-refractivity contribution is 5.98. The van der Waals surface area contributed by atoms with Gasteiger partial charge in [-0.25, -0.2) is 9.59 Å². The standard InChI is InChI=1S/C46H66O12/c1-35(49)55-33-45(31-47)37-25-23-27-39(41(37)43(51)57-45)53-29-21-19-17-15-13-11-9-7-5-3-4-6-8-10-12-14-16-18-20-22-30-54-40-28-24-26-38-42(40)44(52)58-46(38,32-48)34-56-36(2)50/h23-28,47-48H,3-22,29-34H2,1-2H3/t45-,46-/m1/s1. The van der Waals surface area contributed by atoms with Crippen molar-refractivity contribution in [1.29, 1.82) is 0 Å². The molecular formula is C46H66O12. The van der Waals surface area contributed by atoms with Crippen molar-refractivity contribution in [3.63, 3.8) is 0 Å². The van der Waals surface area contributed by atoms with Crippen LogP contribution in [0.5, 0.6) is 11.5 Å². The second kappa shape index (κ2) is 24.7. The van der Waals surface area contributed by atoms with Gasteiger partial charge in [-0.3, -0.25) is 9.59 Å². The Morgan fingerprint density at radius 3 is 1.07 bits per heavy atom. The van der Waals surface area contributed by atoms with Crippen LogP contribution in [0.25, 0.3) is 0 Å². The van der Waals surface area contributed by atoms with Gasteiger partial charge in [-0.05, 0) is 25.0 Å². The summed E-state index contributed by atoms with van der Waals surface area (Å²) in [5.74, 6) is -1.31. The van der Waals surface area contributed by atoms with Gasteiger partial charge in [-0.1, -0.05) is 140 Å². The van der Waals surface area contributed by atoms with Crippen LogP contribution < -0.4 is 9.47 Å². The van der Waals surface area contributed by atoms with Crippen molar-refractivity contribution in [2.75, 3.05) is 39.6 Å². The summed E-state index contributed by atoms with van der Waals surface area (Å²) < 4.78 is 33.0. The summed E-state index contributed by atoms with van der Waals surface area (Å²) in [5, 5.41) is 20.0. The van der Waals surface area contributed by atoms with E-state index in [1.165, 1.54) is 104 Å². The lowest BCUT2D eigenvalue weighted by Gasteiger charge is -2.25. The van der Waals surface area contributed by atoms with E-state index < -0.39 is 48.3 Å². The minimum absolute atomic E-state index is 0.242. The molecule has 2 aromatic rings. The van der Waals surface area contributed by atoms with Gasteiger partial charge in [0.15, 0.2) is 11.2 Å². The van der Waals surface area contributed by atoms with Gasteiger partial charge in [0.2, 0.25) is 0 Å². The van der Waals surface area contributed by atoms with E-state index in [-0.39, 0.29) is 13.2 Å². The third kappa shape index (κ3) is 13.7. The Bertz CT molecular complexity index is 1490. The predicted octanol–water partition coefficient (Wildman–Crippen LogP) is 8.79. The zero-order valence-electron chi connectivity index (χ0n) is 34.8. The van der Waals surface area contributed by atoms with Crippen molar-refractivity contribution >= 4 is 23.9 Å². The molecule has 0 spiro atoms. The van der Waals surface area contributed by atoms with E-state index in [2.05, 4.69) is 0 Å². The fourth-order valence-corrected chi connectivity index (χ4v) is 7.78. The van der Waals surface area contributed by atoms with Crippen molar-refractivity contribution in [3.05, 3.63) is 58.7 Å². The maximum atomic E-state index is 12.6. The van der Waals surface area contributed by atoms with Crippen molar-refractivity contribution in [3.8, 4) is 11.5 Å². The Morgan fingerprint density at radius 1 is 0.500 bits per heavy atom. The molecule has 4 rings (SSSR count). The highest BCUT2D eigenvalue weighted by atomic mass is 16.6. The van der Waals surface area contributed by atoms with Crippen LogP contribution in [-0.4, -0.2) is 73.7 Å². The van der Waals surface area contributed by atoms with Gasteiger partial charge >= 0.3 is 23.9 Å². The number of hydrogen-bond donors (Lipinski definition) is 2. The van der Waals surface area contributed by atoms with Gasteiger partial charge in [0.1, 0.15) is 35.8 Å². The average Bonchev–Trinajstić information content (AvgIpc) is 3.68. The molecule has 0 fully saturated rings. The summed E-state index contributed by atoms with van der Waals surface area (Å²) >= 11 is 0. The van der Waals surface area contributed by atoms with Gasteiger partial charge in [-0.15, -0.1) is 0 Å². The zero-order valence-corrected chi connectivity index (χ0v) is 34.8. The first-order valence-corrected chi connectivity index (χ1v) is 21.6. The molecule has 0 bridgehead atoms. The van der Waals surface area contributed by atoms with E-state index in [4.69, 9.17) is 28.4 Å². The third-order valence-corrected chi connectivity index (χ3v) is 11.1. The first kappa shape index (κ1) is 46.5. The maximum absolute atomic E-state index is 12.6. The first-order chi connectivity index (χ1) is 28.2. The third-order valence-electron chi connectivity index (χ3n) is 11.1. The number of carbonyl (C=O) groups excluding carboxylic acids is 4. The van der Waals surface area contributed by atoms with Crippen LogP contribution in [-0.2, 0) is 39.7 Å². The second-order valence-corrected chi connectivity index (χ2v) is 15.8. The lowest BCUT2D eigenvalue weighted by molar-refractivity contribution is -0.152. The van der Waals surface area contributed by atoms with Crippen LogP contribution in [0.2, 0.25) is 0 Å². The Hall–Kier alpha value is -4.16. The number of esters is 4. The van der Waals surface area contributed by atoms with Gasteiger partial charge in [-0.2, -0.15) is 0 Å². The normalized spacial score (nSPS) is 18.0. The summed E-state index contributed by atoms with van der Waals surface area (Å²) in [4.78, 5) is 47.9. The van der Waals surface area contributed by atoms with Crippen LogP contribution in [0.4, 0.5) is 0 Å². The number of aliphatic hydroxyl groups excluding tert-OH is 2. The minimum Gasteiger partial charge on any atom is -0.493 e. The van der Waals surface area contributed by atoms with Gasteiger partial charge in [0, 0.05) is 25.0 Å². The molecule has 12 heteroatoms. The smallest absolute Gasteiger partial charge is 0.343 e. The molecule has 2 atom stereocenters. The summed E-state index contributed by atoms with van der Waals surface area (Å²) in [6, 6.07) is 10.4. The van der Waals surface area contributed by atoms with Crippen molar-refractivity contribution in [2.24, 2.45) is 0 Å². The Labute approximate surface area is 344 Å². The lowest BCUT2D eigenvalue weighted by Crippen LogP contribution is -2.36. The monoisotopic (exact) mass is 810 g/mol. The molecule has 0 unspecified atom stereocenters. The van der Waals surface area contributed by atoms with E-state index in [9.17, 15) is 29.4 Å². The molecule has 2 aliphatic rings. The number of fused-ring (bicyclic) bond motifs is 2. The Morgan fingerprint density at radius 2 is 0.793 bits per heavy atom. The van der Waals surface area contributed by atoms with Crippen molar-refractivity contribution in [2.45, 2.75) is 153 Å². The predicted molar refractivity (Wildman–Crippen MR) is 218 cm³/mol. The SMILES string of the molecule is CC(=O)OC[C@@]1(CO)OC(=O)c2c(OCCCCCCCCCCCCCCCCCCCCCCOc3cccc4c3C(=O)O[C@]4(CO)COC(C)=O)cccc21. The molecule has 2 aliphatic heterocycles. The van der Waals surface area contributed by atoms with Gasteiger partial charge < -0.3 is 38.6 Å². The summed E-state index contributed by atoms with van der Waals surface area (Å²) in [5.41, 5.74) is -1.24. The molecule has 2 N–H and O–H groups in total. The number of aliphatic hydroxyl groups is 2. The van der Waals surface area contributed by atoms with Crippen molar-refractivity contribution in [1.82, 2.24) is 0 Å². The number of rotatable bonds is 31. The summed E-state index contributed by atoms with van der Waals surface area (Å²) in [7, 11) is 0. The number of ether oxygens (including phenoxy) is 6. The molecule has 58 heavy (non-hydrogen) atoms. The Kier molecular flexibility index (Phi) is 19.8. The molecule has 2 aromatic carbocycles. The van der Waals surface area contributed by atoms with E-state index in [1.807, 2.05) is 0 Å². The number of carbonyl (C=O) groups is 4. The molecule has 12 nitrogen and oxygen atoms in total. The van der Waals surface area contributed by atoms with E-state index in [0.29, 0.717) is 47.0 Å². The van der Waals surface area contributed by atoms with E-state index in [0.717, 1.165) is 38.5 Å². The summed E-state index contributed by atoms with van der Waals surface area (Å²) in [6.45, 7) is 2.07. The number of unbranched alkanes of at least 4 members (excludes halogenated alkanes) is 19. The molecule has 0 saturated heterocycles. The fourth-order valence-electron chi connectivity index (χ4n) is 7.78. The molecule has 0 aromatic heterocycles. The molecular weight excluding hydrogens is 744 g/mol. The highest BCUT2D eigenvalue weighted by Crippen LogP contribution is 2.42. The fraction of sp³-hybridized carbons (Fsp3) is 0.652. The first-order valence-electron chi connectivity index (χ1n) is 21.6. The largest absolute Gasteiger partial charge is 0.493 e. The number of benzene rings is 2. The van der Waals surface area contributed by atoms with Crippen LogP contribution in [0.1, 0.15) is 174 Å². The van der Waals surface area contributed by atoms with E-state index >= 15 is 0 Å². The molecule has 0 amide bonds. The van der Waals surface area contributed by atoms with E-state index in [1.54, 1.807) is 36.4 Å². The maximum Gasteiger partial charge on any atom is 0.343 e.